The van der Waals surface area contributed by atoms with Crippen LogP contribution in [0.4, 0.5) is 22.7 Å². The van der Waals surface area contributed by atoms with Crippen molar-refractivity contribution in [2.45, 2.75) is 6.92 Å². The number of aliphatic imine (C=N–C) groups is 1. The maximum Gasteiger partial charge on any atom is 0.305 e. The number of ether oxygens (including phenoxy) is 1. The molecule has 0 radical (unpaired) electrons. The van der Waals surface area contributed by atoms with Crippen LogP contribution in [0, 0.1) is 0 Å². The summed E-state index contributed by atoms with van der Waals surface area (Å²) in [6, 6.07) is 44.6. The predicted octanol–water partition coefficient (Wildman–Crippen LogP) is 8.29. The lowest BCUT2D eigenvalue weighted by atomic mass is 10.0. The summed E-state index contributed by atoms with van der Waals surface area (Å²) in [6.07, 6.45) is 1.72. The number of carbonyl (C=O) groups is 2. The molecule has 0 bridgehead atoms. The molecule has 0 aromatic heterocycles. The van der Waals surface area contributed by atoms with Gasteiger partial charge < -0.3 is 9.64 Å². The molecule has 1 heterocycles. The van der Waals surface area contributed by atoms with Crippen LogP contribution in [0.1, 0.15) is 28.4 Å². The molecule has 1 fully saturated rings. The summed E-state index contributed by atoms with van der Waals surface area (Å²) in [5.74, 6) is -0.264. The monoisotopic (exact) mass is 563 g/mol. The Labute approximate surface area is 250 Å². The second kappa shape index (κ2) is 12.4. The minimum atomic E-state index is -0.285. The molecular formula is C37H29N3O3. The van der Waals surface area contributed by atoms with E-state index in [-0.39, 0.29) is 23.5 Å². The minimum Gasteiger partial charge on any atom is -0.419 e. The molecule has 0 N–H and O–H groups in total. The number of rotatable bonds is 8. The van der Waals surface area contributed by atoms with Gasteiger partial charge in [-0.3, -0.25) is 14.5 Å². The topological polar surface area (TPSA) is 62.2 Å². The average molecular weight is 564 g/mol. The summed E-state index contributed by atoms with van der Waals surface area (Å²) in [7, 11) is 0. The van der Waals surface area contributed by atoms with Crippen molar-refractivity contribution in [1.82, 2.24) is 4.90 Å². The summed E-state index contributed by atoms with van der Waals surface area (Å²) in [4.78, 5) is 34.8. The van der Waals surface area contributed by atoms with Crippen molar-refractivity contribution < 1.29 is 14.3 Å². The van der Waals surface area contributed by atoms with Crippen molar-refractivity contribution in [3.63, 3.8) is 0 Å². The van der Waals surface area contributed by atoms with Crippen molar-refractivity contribution in [3.05, 3.63) is 162 Å². The Morgan fingerprint density at radius 1 is 0.721 bits per heavy atom. The van der Waals surface area contributed by atoms with E-state index in [4.69, 9.17) is 4.74 Å². The van der Waals surface area contributed by atoms with Gasteiger partial charge in [0, 0.05) is 34.7 Å². The number of anilines is 3. The minimum absolute atomic E-state index is 0.142. The molecule has 6 nitrogen and oxygen atoms in total. The highest BCUT2D eigenvalue weighted by molar-refractivity contribution is 6.14. The number of amidine groups is 1. The molecule has 6 rings (SSSR count). The van der Waals surface area contributed by atoms with E-state index in [9.17, 15) is 9.59 Å². The van der Waals surface area contributed by atoms with Gasteiger partial charge in [-0.2, -0.15) is 4.99 Å². The molecule has 0 saturated carbocycles. The Kier molecular flexibility index (Phi) is 7.91. The number of ketones is 1. The molecule has 0 atom stereocenters. The van der Waals surface area contributed by atoms with Crippen molar-refractivity contribution in [2.24, 2.45) is 4.99 Å². The first-order valence-electron chi connectivity index (χ1n) is 14.1. The number of carbonyl (C=O) groups excluding carboxylic acids is 2. The first-order chi connectivity index (χ1) is 21.1. The van der Waals surface area contributed by atoms with Crippen molar-refractivity contribution in [1.29, 1.82) is 0 Å². The van der Waals surface area contributed by atoms with Gasteiger partial charge in [0.2, 0.25) is 0 Å². The Morgan fingerprint density at radius 2 is 1.26 bits per heavy atom. The number of nitrogens with zero attached hydrogens (tertiary/aromatic N) is 3. The second-order valence-electron chi connectivity index (χ2n) is 9.86. The van der Waals surface area contributed by atoms with E-state index in [0.717, 1.165) is 22.6 Å². The van der Waals surface area contributed by atoms with Crippen LogP contribution in [0.25, 0.3) is 6.08 Å². The molecule has 6 heteroatoms. The van der Waals surface area contributed by atoms with Gasteiger partial charge in [-0.1, -0.05) is 91.0 Å². The molecule has 1 saturated heterocycles. The number of benzene rings is 5. The third kappa shape index (κ3) is 5.85. The van der Waals surface area contributed by atoms with E-state index in [2.05, 4.69) is 34.2 Å². The second-order valence-corrected chi connectivity index (χ2v) is 9.86. The molecule has 210 valence electrons. The third-order valence-corrected chi connectivity index (χ3v) is 7.08. The van der Waals surface area contributed by atoms with Gasteiger partial charge in [0.25, 0.3) is 5.91 Å². The lowest BCUT2D eigenvalue weighted by Gasteiger charge is -2.25. The van der Waals surface area contributed by atoms with Gasteiger partial charge in [0.1, 0.15) is 0 Å². The standard InChI is InChI=1S/C37H29N3O3/c1-2-39-36(42)34(43-37(39)38-33-21-13-12-20-32(33)35(41)28-14-6-3-7-15-28)26-27-22-24-31(25-23-27)40(29-16-8-4-9-17-29)30-18-10-5-11-19-30/h3-26H,2H2,1H3/b34-26+,38-37-. The number of likely N-dealkylation sites (N-methyl/N-ethyl adjacent to an activating group) is 1. The first-order valence-corrected chi connectivity index (χ1v) is 14.1. The molecule has 43 heavy (non-hydrogen) atoms. The molecule has 1 amide bonds. The maximum atomic E-state index is 13.3. The Balaban J connectivity index is 1.29. The van der Waals surface area contributed by atoms with Crippen molar-refractivity contribution >= 4 is 46.5 Å². The van der Waals surface area contributed by atoms with E-state index in [1.54, 1.807) is 42.5 Å². The zero-order chi connectivity index (χ0) is 29.6. The molecule has 0 aliphatic carbocycles. The first kappa shape index (κ1) is 27.4. The number of hydrogen-bond acceptors (Lipinski definition) is 5. The highest BCUT2D eigenvalue weighted by Gasteiger charge is 2.34. The molecular weight excluding hydrogens is 534 g/mol. The molecule has 1 aliphatic heterocycles. The average Bonchev–Trinajstić information content (AvgIpc) is 3.36. The largest absolute Gasteiger partial charge is 0.419 e. The molecule has 1 aliphatic rings. The van der Waals surface area contributed by atoms with E-state index in [0.29, 0.717) is 23.4 Å². The van der Waals surface area contributed by atoms with Crippen LogP contribution in [0.2, 0.25) is 0 Å². The number of hydrogen-bond donors (Lipinski definition) is 0. The fraction of sp³-hybridized carbons (Fsp3) is 0.0541. The van der Waals surface area contributed by atoms with E-state index >= 15 is 0 Å². The molecule has 0 unspecified atom stereocenters. The molecule has 5 aromatic rings. The smallest absolute Gasteiger partial charge is 0.305 e. The third-order valence-electron chi connectivity index (χ3n) is 7.08. The Morgan fingerprint density at radius 3 is 1.86 bits per heavy atom. The SMILES string of the molecule is CCN1C(=O)/C(=C\c2ccc(N(c3ccccc3)c3ccccc3)cc2)O/C1=N\c1ccccc1C(=O)c1ccccc1. The molecule has 5 aromatic carbocycles. The summed E-state index contributed by atoms with van der Waals surface area (Å²) in [6.45, 7) is 2.23. The van der Waals surface area contributed by atoms with Crippen LogP contribution in [-0.4, -0.2) is 29.2 Å². The zero-order valence-electron chi connectivity index (χ0n) is 23.6. The normalized spacial score (nSPS) is 14.6. The zero-order valence-corrected chi connectivity index (χ0v) is 23.6. The van der Waals surface area contributed by atoms with Gasteiger partial charge in [-0.25, -0.2) is 0 Å². The fourth-order valence-corrected chi connectivity index (χ4v) is 4.95. The van der Waals surface area contributed by atoms with Gasteiger partial charge >= 0.3 is 6.02 Å². The quantitative estimate of drug-likeness (QED) is 0.141. The van der Waals surface area contributed by atoms with Gasteiger partial charge in [0.15, 0.2) is 11.5 Å². The van der Waals surface area contributed by atoms with Crippen molar-refractivity contribution in [3.8, 4) is 0 Å². The fourth-order valence-electron chi connectivity index (χ4n) is 4.95. The van der Waals surface area contributed by atoms with Crippen LogP contribution < -0.4 is 4.90 Å². The summed E-state index contributed by atoms with van der Waals surface area (Å²) < 4.78 is 6.01. The predicted molar refractivity (Wildman–Crippen MR) is 171 cm³/mol. The Bertz CT molecular complexity index is 1760. The lowest BCUT2D eigenvalue weighted by molar-refractivity contribution is -0.122. The van der Waals surface area contributed by atoms with Gasteiger partial charge in [0.05, 0.1) is 5.69 Å². The van der Waals surface area contributed by atoms with E-state index in [1.807, 2.05) is 85.8 Å². The summed E-state index contributed by atoms with van der Waals surface area (Å²) in [5, 5.41) is 0. The highest BCUT2D eigenvalue weighted by atomic mass is 16.5. The van der Waals surface area contributed by atoms with E-state index in [1.165, 1.54) is 4.90 Å². The van der Waals surface area contributed by atoms with Gasteiger partial charge in [-0.15, -0.1) is 0 Å². The lowest BCUT2D eigenvalue weighted by Crippen LogP contribution is -2.29. The van der Waals surface area contributed by atoms with Crippen LogP contribution >= 0.6 is 0 Å². The molecule has 0 spiro atoms. The Hall–Kier alpha value is -5.75. The van der Waals surface area contributed by atoms with Crippen molar-refractivity contribution in [2.75, 3.05) is 11.4 Å². The number of para-hydroxylation sites is 3. The van der Waals surface area contributed by atoms with Gasteiger partial charge in [-0.05, 0) is 67.1 Å². The summed E-state index contributed by atoms with van der Waals surface area (Å²) >= 11 is 0. The van der Waals surface area contributed by atoms with Crippen LogP contribution in [0.15, 0.2) is 150 Å². The van der Waals surface area contributed by atoms with Crippen LogP contribution in [-0.2, 0) is 9.53 Å². The van der Waals surface area contributed by atoms with Crippen LogP contribution in [0.5, 0.6) is 0 Å². The summed E-state index contributed by atoms with van der Waals surface area (Å²) in [5.41, 5.74) is 5.31. The van der Waals surface area contributed by atoms with Crippen LogP contribution in [0.3, 0.4) is 0 Å². The highest BCUT2D eigenvalue weighted by Crippen LogP contribution is 2.34. The maximum absolute atomic E-state index is 13.3. The van der Waals surface area contributed by atoms with E-state index < -0.39 is 0 Å². The number of amides is 1.